The molecule has 0 unspecified atom stereocenters. The van der Waals surface area contributed by atoms with Crippen LogP contribution in [-0.2, 0) is 24.4 Å². The number of carbonyl (C=O) groups excluding carboxylic acids is 1. The van der Waals surface area contributed by atoms with Gasteiger partial charge in [0.25, 0.3) is 5.56 Å². The molecule has 0 radical (unpaired) electrons. The summed E-state index contributed by atoms with van der Waals surface area (Å²) in [5.41, 5.74) is -0.661. The molecular weight excluding hydrogens is 410 g/mol. The van der Waals surface area contributed by atoms with Gasteiger partial charge in [-0.3, -0.25) is 18.7 Å². The van der Waals surface area contributed by atoms with Gasteiger partial charge in [-0.15, -0.1) is 0 Å². The van der Waals surface area contributed by atoms with Crippen LogP contribution in [0.15, 0.2) is 69.1 Å². The second-order valence-corrected chi connectivity index (χ2v) is 6.84. The van der Waals surface area contributed by atoms with Gasteiger partial charge in [-0.05, 0) is 23.8 Å². The molecule has 0 aliphatic carbocycles. The minimum Gasteiger partial charge on any atom is -0.467 e. The molecule has 4 aromatic rings. The van der Waals surface area contributed by atoms with E-state index in [9.17, 15) is 14.4 Å². The molecule has 0 saturated heterocycles. The monoisotopic (exact) mass is 425 g/mol. The van der Waals surface area contributed by atoms with Crippen molar-refractivity contribution < 1.29 is 9.21 Å². The van der Waals surface area contributed by atoms with Gasteiger partial charge >= 0.3 is 5.69 Å². The first-order valence-electron chi connectivity index (χ1n) is 9.01. The standard InChI is InChI=1S/C20H16ClN5O4/c21-15-6-2-1-4-13(15)11-26-19(28)17-18(23-8-7-22-17)25(20(26)29)12-16(27)24-10-14-5-3-9-30-14/h1-9H,10-12H2,(H,24,27). The van der Waals surface area contributed by atoms with Crippen LogP contribution in [0.4, 0.5) is 0 Å². The van der Waals surface area contributed by atoms with E-state index in [0.29, 0.717) is 16.3 Å². The predicted molar refractivity (Wildman–Crippen MR) is 109 cm³/mol. The number of benzene rings is 1. The van der Waals surface area contributed by atoms with Gasteiger partial charge in [0.15, 0.2) is 11.2 Å². The van der Waals surface area contributed by atoms with Gasteiger partial charge < -0.3 is 9.73 Å². The Morgan fingerprint density at radius 2 is 1.87 bits per heavy atom. The fraction of sp³-hybridized carbons (Fsp3) is 0.150. The minimum atomic E-state index is -0.680. The molecule has 1 aromatic carbocycles. The summed E-state index contributed by atoms with van der Waals surface area (Å²) in [6.07, 6.45) is 4.21. The van der Waals surface area contributed by atoms with Crippen molar-refractivity contribution in [2.24, 2.45) is 0 Å². The molecular formula is C20H16ClN5O4. The molecule has 3 aromatic heterocycles. The smallest absolute Gasteiger partial charge is 0.333 e. The van der Waals surface area contributed by atoms with Crippen LogP contribution >= 0.6 is 11.6 Å². The lowest BCUT2D eigenvalue weighted by Crippen LogP contribution is -2.43. The van der Waals surface area contributed by atoms with Crippen LogP contribution in [0.2, 0.25) is 5.02 Å². The number of nitrogens with one attached hydrogen (secondary N) is 1. The zero-order valence-electron chi connectivity index (χ0n) is 15.6. The highest BCUT2D eigenvalue weighted by molar-refractivity contribution is 6.31. The van der Waals surface area contributed by atoms with E-state index in [1.165, 1.54) is 18.7 Å². The van der Waals surface area contributed by atoms with Crippen molar-refractivity contribution in [1.82, 2.24) is 24.4 Å². The van der Waals surface area contributed by atoms with Gasteiger partial charge in [-0.25, -0.2) is 14.8 Å². The Balaban J connectivity index is 1.73. The van der Waals surface area contributed by atoms with Gasteiger partial charge in [0.2, 0.25) is 5.91 Å². The van der Waals surface area contributed by atoms with E-state index in [-0.39, 0.29) is 30.8 Å². The van der Waals surface area contributed by atoms with Crippen LogP contribution in [0.3, 0.4) is 0 Å². The van der Waals surface area contributed by atoms with E-state index in [2.05, 4.69) is 15.3 Å². The first-order valence-corrected chi connectivity index (χ1v) is 9.39. The van der Waals surface area contributed by atoms with Gasteiger partial charge in [0.1, 0.15) is 12.3 Å². The quantitative estimate of drug-likeness (QED) is 0.501. The summed E-state index contributed by atoms with van der Waals surface area (Å²) in [5, 5.41) is 3.09. The molecule has 4 rings (SSSR count). The third-order valence-electron chi connectivity index (χ3n) is 4.47. The molecule has 0 fully saturated rings. The number of nitrogens with zero attached hydrogens (tertiary/aromatic N) is 4. The second-order valence-electron chi connectivity index (χ2n) is 6.44. The maximum absolute atomic E-state index is 13.1. The molecule has 10 heteroatoms. The summed E-state index contributed by atoms with van der Waals surface area (Å²) in [5.74, 6) is 0.132. The summed E-state index contributed by atoms with van der Waals surface area (Å²) >= 11 is 6.19. The average molecular weight is 426 g/mol. The fourth-order valence-electron chi connectivity index (χ4n) is 3.01. The molecule has 1 amide bonds. The first-order chi connectivity index (χ1) is 14.5. The summed E-state index contributed by atoms with van der Waals surface area (Å²) in [4.78, 5) is 46.6. The SMILES string of the molecule is O=C(Cn1c(=O)n(Cc2ccccc2Cl)c(=O)c2nccnc21)NCc1ccco1. The number of fused-ring (bicyclic) bond motifs is 1. The van der Waals surface area contributed by atoms with Crippen LogP contribution in [0.5, 0.6) is 0 Å². The van der Waals surface area contributed by atoms with Crippen molar-refractivity contribution in [3.8, 4) is 0 Å². The average Bonchev–Trinajstić information content (AvgIpc) is 3.28. The lowest BCUT2D eigenvalue weighted by Gasteiger charge is -2.13. The van der Waals surface area contributed by atoms with E-state index in [1.54, 1.807) is 36.4 Å². The van der Waals surface area contributed by atoms with Crippen LogP contribution in [0.1, 0.15) is 11.3 Å². The molecule has 0 spiro atoms. The highest BCUT2D eigenvalue weighted by Crippen LogP contribution is 2.15. The molecule has 0 aliphatic heterocycles. The molecule has 0 atom stereocenters. The van der Waals surface area contributed by atoms with Gasteiger partial charge in [0, 0.05) is 17.4 Å². The Labute approximate surface area is 174 Å². The highest BCUT2D eigenvalue weighted by atomic mass is 35.5. The number of rotatable bonds is 6. The fourth-order valence-corrected chi connectivity index (χ4v) is 3.20. The zero-order valence-corrected chi connectivity index (χ0v) is 16.4. The van der Waals surface area contributed by atoms with Crippen molar-refractivity contribution in [2.75, 3.05) is 0 Å². The van der Waals surface area contributed by atoms with E-state index in [4.69, 9.17) is 16.0 Å². The number of amides is 1. The number of hydrogen-bond donors (Lipinski definition) is 1. The van der Waals surface area contributed by atoms with Gasteiger partial charge in [-0.1, -0.05) is 29.8 Å². The summed E-state index contributed by atoms with van der Waals surface area (Å²) < 4.78 is 7.30. The summed E-state index contributed by atoms with van der Waals surface area (Å²) in [6, 6.07) is 10.3. The van der Waals surface area contributed by atoms with E-state index in [1.807, 2.05) is 0 Å². The summed E-state index contributed by atoms with van der Waals surface area (Å²) in [7, 11) is 0. The molecule has 30 heavy (non-hydrogen) atoms. The van der Waals surface area contributed by atoms with Gasteiger partial charge in [-0.2, -0.15) is 0 Å². The first kappa shape index (κ1) is 19.6. The molecule has 9 nitrogen and oxygen atoms in total. The molecule has 152 valence electrons. The van der Waals surface area contributed by atoms with Crippen molar-refractivity contribution >= 4 is 28.7 Å². The number of furan rings is 1. The maximum atomic E-state index is 13.1. The lowest BCUT2D eigenvalue weighted by atomic mass is 10.2. The normalized spacial score (nSPS) is 11.0. The van der Waals surface area contributed by atoms with E-state index >= 15 is 0 Å². The van der Waals surface area contributed by atoms with Gasteiger partial charge in [0.05, 0.1) is 19.4 Å². The second kappa shape index (κ2) is 8.34. The van der Waals surface area contributed by atoms with Crippen molar-refractivity contribution in [3.05, 3.63) is 92.2 Å². The summed E-state index contributed by atoms with van der Waals surface area (Å²) in [6.45, 7) is -0.223. The topological polar surface area (TPSA) is 112 Å². The van der Waals surface area contributed by atoms with Crippen LogP contribution < -0.4 is 16.6 Å². The number of halogens is 1. The minimum absolute atomic E-state index is 0.0111. The van der Waals surface area contributed by atoms with E-state index < -0.39 is 17.2 Å². The molecule has 3 heterocycles. The Kier molecular flexibility index (Phi) is 5.44. The Hall–Kier alpha value is -3.72. The Morgan fingerprint density at radius 1 is 1.07 bits per heavy atom. The maximum Gasteiger partial charge on any atom is 0.333 e. The molecule has 1 N–H and O–H groups in total. The number of aromatic nitrogens is 4. The van der Waals surface area contributed by atoms with Crippen LogP contribution in [0.25, 0.3) is 11.2 Å². The largest absolute Gasteiger partial charge is 0.467 e. The van der Waals surface area contributed by atoms with Crippen LogP contribution in [-0.4, -0.2) is 25.0 Å². The highest BCUT2D eigenvalue weighted by Gasteiger charge is 2.18. The Bertz CT molecular complexity index is 1330. The molecule has 0 aliphatic rings. The molecule has 0 saturated carbocycles. The number of carbonyl (C=O) groups is 1. The Morgan fingerprint density at radius 3 is 2.63 bits per heavy atom. The third kappa shape index (κ3) is 3.87. The number of hydrogen-bond acceptors (Lipinski definition) is 6. The van der Waals surface area contributed by atoms with Crippen molar-refractivity contribution in [3.63, 3.8) is 0 Å². The van der Waals surface area contributed by atoms with Crippen LogP contribution in [0, 0.1) is 0 Å². The van der Waals surface area contributed by atoms with E-state index in [0.717, 1.165) is 9.13 Å². The lowest BCUT2D eigenvalue weighted by molar-refractivity contribution is -0.121. The van der Waals surface area contributed by atoms with Crippen molar-refractivity contribution in [2.45, 2.75) is 19.6 Å². The zero-order chi connectivity index (χ0) is 21.1. The molecule has 0 bridgehead atoms. The van der Waals surface area contributed by atoms with Crippen molar-refractivity contribution in [1.29, 1.82) is 0 Å². The third-order valence-corrected chi connectivity index (χ3v) is 4.84. The predicted octanol–water partition coefficient (Wildman–Crippen LogP) is 1.56.